The lowest BCUT2D eigenvalue weighted by atomic mass is 10.0. The Labute approximate surface area is 509 Å². The zero-order valence-corrected chi connectivity index (χ0v) is 54.5. The lowest BCUT2D eigenvalue weighted by molar-refractivity contribution is -0.167. The van der Waals surface area contributed by atoms with Crippen molar-refractivity contribution in [1.82, 2.24) is 0 Å². The van der Waals surface area contributed by atoms with E-state index in [2.05, 4.69) is 106 Å². The maximum atomic E-state index is 12.9. The lowest BCUT2D eigenvalue weighted by Gasteiger charge is -2.18. The first-order valence-electron chi connectivity index (χ1n) is 35.6. The molecule has 6 nitrogen and oxygen atoms in total. The highest BCUT2D eigenvalue weighted by Crippen LogP contribution is 2.18. The van der Waals surface area contributed by atoms with E-state index in [0.29, 0.717) is 19.3 Å². The maximum Gasteiger partial charge on any atom is 0.306 e. The highest BCUT2D eigenvalue weighted by Gasteiger charge is 2.19. The predicted molar refractivity (Wildman–Crippen MR) is 358 cm³/mol. The third-order valence-electron chi connectivity index (χ3n) is 15.6. The number of hydrogen-bond acceptors (Lipinski definition) is 6. The van der Waals surface area contributed by atoms with Crippen LogP contribution in [0.3, 0.4) is 0 Å². The molecule has 0 aliphatic rings. The molecule has 474 valence electrons. The highest BCUT2D eigenvalue weighted by molar-refractivity contribution is 5.71. The molecule has 0 amide bonds. The largest absolute Gasteiger partial charge is 0.462 e. The van der Waals surface area contributed by atoms with Crippen molar-refractivity contribution in [1.29, 1.82) is 0 Å². The molecule has 1 unspecified atom stereocenters. The molecule has 0 bridgehead atoms. The third kappa shape index (κ3) is 67.4. The standard InChI is InChI=1S/C76H134O6/c1-4-7-10-13-16-19-22-25-28-30-32-33-34-35-36-37-38-39-40-41-42-43-45-46-48-51-54-57-60-63-66-69-75(78)81-72-73(71-80-74(77)68-65-62-59-56-53-50-27-24-21-18-15-12-9-6-3)82-76(79)70-67-64-61-58-55-52-49-47-44-31-29-26-23-20-17-14-11-8-5-2/h7,10,16,19,24-25,27-28,32-33,35-36,38-39,73H,4-6,8-9,11-15,17-18,20-23,26,29-31,34,37,40-72H2,1-3H3/b10-7-,19-16-,27-24-,28-25-,33-32-,36-35-,39-38-. The average Bonchev–Trinajstić information content (AvgIpc) is 3.47. The molecule has 0 fully saturated rings. The van der Waals surface area contributed by atoms with E-state index in [1.165, 1.54) is 218 Å². The topological polar surface area (TPSA) is 78.9 Å². The summed E-state index contributed by atoms with van der Waals surface area (Å²) in [7, 11) is 0. The van der Waals surface area contributed by atoms with Gasteiger partial charge in [0.15, 0.2) is 6.10 Å². The van der Waals surface area contributed by atoms with Crippen LogP contribution in [0.25, 0.3) is 0 Å². The summed E-state index contributed by atoms with van der Waals surface area (Å²) in [4.78, 5) is 38.4. The van der Waals surface area contributed by atoms with Crippen LogP contribution in [0.4, 0.5) is 0 Å². The fraction of sp³-hybridized carbons (Fsp3) is 0.776. The summed E-state index contributed by atoms with van der Waals surface area (Å²) in [5, 5.41) is 0. The highest BCUT2D eigenvalue weighted by atomic mass is 16.6. The second-order valence-electron chi connectivity index (χ2n) is 23.8. The predicted octanol–water partition coefficient (Wildman–Crippen LogP) is 24.6. The Morgan fingerprint density at radius 1 is 0.256 bits per heavy atom. The van der Waals surface area contributed by atoms with Crippen LogP contribution < -0.4 is 0 Å². The summed E-state index contributed by atoms with van der Waals surface area (Å²) in [6, 6.07) is 0. The normalized spacial score (nSPS) is 12.6. The van der Waals surface area contributed by atoms with Gasteiger partial charge in [-0.1, -0.05) is 331 Å². The molecule has 0 aromatic rings. The Hall–Kier alpha value is -3.41. The molecule has 0 radical (unpaired) electrons. The number of carbonyl (C=O) groups is 3. The van der Waals surface area contributed by atoms with Crippen molar-refractivity contribution in [2.45, 2.75) is 367 Å². The van der Waals surface area contributed by atoms with Gasteiger partial charge < -0.3 is 14.2 Å². The number of rotatable bonds is 65. The maximum absolute atomic E-state index is 12.9. The molecule has 0 aromatic carbocycles. The van der Waals surface area contributed by atoms with Crippen molar-refractivity contribution < 1.29 is 28.6 Å². The summed E-state index contributed by atoms with van der Waals surface area (Å²) in [5.41, 5.74) is 0. The van der Waals surface area contributed by atoms with Gasteiger partial charge in [0.25, 0.3) is 0 Å². The summed E-state index contributed by atoms with van der Waals surface area (Å²) in [5.74, 6) is -0.864. The van der Waals surface area contributed by atoms with Crippen molar-refractivity contribution in [3.8, 4) is 0 Å². The van der Waals surface area contributed by atoms with Gasteiger partial charge in [-0.25, -0.2) is 0 Å². The van der Waals surface area contributed by atoms with Crippen LogP contribution in [-0.4, -0.2) is 37.2 Å². The number of ether oxygens (including phenoxy) is 3. The number of allylic oxidation sites excluding steroid dienone is 14. The number of unbranched alkanes of at least 4 members (excludes halogenated alkanes) is 40. The van der Waals surface area contributed by atoms with E-state index in [4.69, 9.17) is 14.2 Å². The molecular weight excluding hydrogens is 1010 g/mol. The van der Waals surface area contributed by atoms with Crippen molar-refractivity contribution >= 4 is 17.9 Å². The summed E-state index contributed by atoms with van der Waals surface area (Å²) < 4.78 is 17.0. The molecule has 0 aliphatic heterocycles. The van der Waals surface area contributed by atoms with Gasteiger partial charge in [0, 0.05) is 19.3 Å². The van der Waals surface area contributed by atoms with Crippen molar-refractivity contribution in [2.24, 2.45) is 0 Å². The van der Waals surface area contributed by atoms with E-state index in [1.54, 1.807) is 0 Å². The van der Waals surface area contributed by atoms with Crippen LogP contribution in [0.2, 0.25) is 0 Å². The van der Waals surface area contributed by atoms with E-state index in [0.717, 1.165) is 103 Å². The van der Waals surface area contributed by atoms with E-state index in [-0.39, 0.29) is 31.1 Å². The minimum atomic E-state index is -0.779. The smallest absolute Gasteiger partial charge is 0.306 e. The first-order valence-corrected chi connectivity index (χ1v) is 35.6. The van der Waals surface area contributed by atoms with Gasteiger partial charge in [0.1, 0.15) is 13.2 Å². The van der Waals surface area contributed by atoms with Gasteiger partial charge in [-0.3, -0.25) is 14.4 Å². The second kappa shape index (κ2) is 70.1. The number of esters is 3. The summed E-state index contributed by atoms with van der Waals surface area (Å²) in [6.07, 6.45) is 93.2. The molecule has 0 spiro atoms. The van der Waals surface area contributed by atoms with Gasteiger partial charge in [-0.15, -0.1) is 0 Å². The molecule has 82 heavy (non-hydrogen) atoms. The number of hydrogen-bond donors (Lipinski definition) is 0. The van der Waals surface area contributed by atoms with Gasteiger partial charge >= 0.3 is 17.9 Å². The molecule has 0 rings (SSSR count). The first-order chi connectivity index (χ1) is 40.5. The van der Waals surface area contributed by atoms with Crippen LogP contribution in [0.15, 0.2) is 85.1 Å². The zero-order valence-electron chi connectivity index (χ0n) is 54.5. The van der Waals surface area contributed by atoms with Crippen LogP contribution in [0.5, 0.6) is 0 Å². The van der Waals surface area contributed by atoms with Crippen LogP contribution in [-0.2, 0) is 28.6 Å². The first kappa shape index (κ1) is 78.6. The van der Waals surface area contributed by atoms with E-state index >= 15 is 0 Å². The Morgan fingerprint density at radius 3 is 0.756 bits per heavy atom. The Kier molecular flexibility index (Phi) is 67.2. The lowest BCUT2D eigenvalue weighted by Crippen LogP contribution is -2.30. The molecule has 1 atom stereocenters. The molecular formula is C76H134O6. The van der Waals surface area contributed by atoms with Crippen molar-refractivity contribution in [3.63, 3.8) is 0 Å². The quantitative estimate of drug-likeness (QED) is 0.0261. The minimum absolute atomic E-state index is 0.0756. The average molecular weight is 1140 g/mol. The molecule has 0 aliphatic carbocycles. The third-order valence-corrected chi connectivity index (χ3v) is 15.6. The number of carbonyl (C=O) groups excluding carboxylic acids is 3. The van der Waals surface area contributed by atoms with E-state index in [1.807, 2.05) is 0 Å². The summed E-state index contributed by atoms with van der Waals surface area (Å²) >= 11 is 0. The van der Waals surface area contributed by atoms with Crippen molar-refractivity contribution in [3.05, 3.63) is 85.1 Å². The Morgan fingerprint density at radius 2 is 0.476 bits per heavy atom. The van der Waals surface area contributed by atoms with Gasteiger partial charge in [0.2, 0.25) is 0 Å². The van der Waals surface area contributed by atoms with Crippen LogP contribution in [0.1, 0.15) is 361 Å². The Bertz CT molecular complexity index is 1550. The summed E-state index contributed by atoms with van der Waals surface area (Å²) in [6.45, 7) is 6.56. The molecule has 0 aromatic heterocycles. The fourth-order valence-electron chi connectivity index (χ4n) is 10.3. The van der Waals surface area contributed by atoms with Gasteiger partial charge in [-0.05, 0) is 96.3 Å². The molecule has 0 N–H and O–H groups in total. The van der Waals surface area contributed by atoms with Gasteiger partial charge in [-0.2, -0.15) is 0 Å². The molecule has 6 heteroatoms. The van der Waals surface area contributed by atoms with Crippen LogP contribution in [0, 0.1) is 0 Å². The minimum Gasteiger partial charge on any atom is -0.462 e. The monoisotopic (exact) mass is 1140 g/mol. The molecule has 0 saturated heterocycles. The Balaban J connectivity index is 4.25. The van der Waals surface area contributed by atoms with E-state index < -0.39 is 6.10 Å². The SMILES string of the molecule is CC/C=C\C/C=C\C/C=C\C/C=C\C/C=C\C/C=C\CCCCCCCCCCCCCCC(=O)OCC(COC(=O)CCCCCCC/C=C\CCCCCCC)OC(=O)CCCCCCCCCCCCCCCCCCCCC. The fourth-order valence-corrected chi connectivity index (χ4v) is 10.3. The van der Waals surface area contributed by atoms with Gasteiger partial charge in [0.05, 0.1) is 0 Å². The second-order valence-corrected chi connectivity index (χ2v) is 23.8. The molecule has 0 saturated carbocycles. The zero-order chi connectivity index (χ0) is 59.2. The molecule has 0 heterocycles. The van der Waals surface area contributed by atoms with Crippen LogP contribution >= 0.6 is 0 Å². The van der Waals surface area contributed by atoms with E-state index in [9.17, 15) is 14.4 Å². The van der Waals surface area contributed by atoms with Crippen molar-refractivity contribution in [2.75, 3.05) is 13.2 Å².